The smallest absolute Gasteiger partial charge is 0.312 e. The maximum absolute atomic E-state index is 10.9. The zero-order chi connectivity index (χ0) is 9.42. The first kappa shape index (κ1) is 8.50. The Kier molecular flexibility index (Phi) is 1.95. The molecule has 70 valence electrons. The Morgan fingerprint density at radius 1 is 1.69 bits per heavy atom. The van der Waals surface area contributed by atoms with E-state index in [2.05, 4.69) is 4.98 Å². The lowest BCUT2D eigenvalue weighted by atomic mass is 9.91. The summed E-state index contributed by atoms with van der Waals surface area (Å²) in [5.41, 5.74) is 6.23. The molecule has 0 saturated heterocycles. The van der Waals surface area contributed by atoms with Crippen molar-refractivity contribution in [2.24, 2.45) is 0 Å². The summed E-state index contributed by atoms with van der Waals surface area (Å²) in [7, 11) is 0. The van der Waals surface area contributed by atoms with E-state index in [1.807, 2.05) is 0 Å². The standard InChI is InChI=1S/C8H10N2O2S/c9-8-10-6-4(7(11)12)2-1-3-5(6)13-8/h4H,1-3H2,(H2,9,10)(H,11,12)/t4-/m1/s1. The molecule has 0 saturated carbocycles. The predicted octanol–water partition coefficient (Wildman–Crippen LogP) is 1.23. The van der Waals surface area contributed by atoms with Crippen molar-refractivity contribution in [1.82, 2.24) is 4.98 Å². The highest BCUT2D eigenvalue weighted by Crippen LogP contribution is 2.35. The number of nitrogens with zero attached hydrogens (tertiary/aromatic N) is 1. The van der Waals surface area contributed by atoms with Crippen molar-refractivity contribution in [3.05, 3.63) is 10.6 Å². The molecule has 0 aliphatic heterocycles. The first-order valence-electron chi connectivity index (χ1n) is 4.16. The minimum absolute atomic E-state index is 0.433. The molecular weight excluding hydrogens is 188 g/mol. The number of nitrogens with two attached hydrogens (primary N) is 1. The summed E-state index contributed by atoms with van der Waals surface area (Å²) in [5.74, 6) is -1.22. The number of hydrogen-bond acceptors (Lipinski definition) is 4. The predicted molar refractivity (Wildman–Crippen MR) is 49.8 cm³/mol. The van der Waals surface area contributed by atoms with Gasteiger partial charge in [0.2, 0.25) is 0 Å². The molecule has 1 aliphatic carbocycles. The highest BCUT2D eigenvalue weighted by atomic mass is 32.1. The Hall–Kier alpha value is -1.10. The van der Waals surface area contributed by atoms with Crippen LogP contribution in [0.4, 0.5) is 5.13 Å². The molecule has 1 aromatic rings. The lowest BCUT2D eigenvalue weighted by Crippen LogP contribution is -2.17. The van der Waals surface area contributed by atoms with E-state index in [-0.39, 0.29) is 0 Å². The fraction of sp³-hybridized carbons (Fsp3) is 0.500. The lowest BCUT2D eigenvalue weighted by Gasteiger charge is -2.16. The summed E-state index contributed by atoms with van der Waals surface area (Å²) in [6, 6.07) is 0. The Morgan fingerprint density at radius 3 is 3.15 bits per heavy atom. The third-order valence-electron chi connectivity index (χ3n) is 2.27. The summed E-state index contributed by atoms with van der Waals surface area (Å²) in [6.07, 6.45) is 2.53. The number of fused-ring (bicyclic) bond motifs is 1. The van der Waals surface area contributed by atoms with Crippen molar-refractivity contribution >= 4 is 22.4 Å². The highest BCUT2D eigenvalue weighted by molar-refractivity contribution is 7.15. The molecule has 0 amide bonds. The van der Waals surface area contributed by atoms with E-state index in [0.29, 0.717) is 17.2 Å². The summed E-state index contributed by atoms with van der Waals surface area (Å²) >= 11 is 1.41. The number of carboxylic acids is 1. The van der Waals surface area contributed by atoms with Gasteiger partial charge in [-0.05, 0) is 19.3 Å². The van der Waals surface area contributed by atoms with Gasteiger partial charge in [0.15, 0.2) is 5.13 Å². The molecule has 1 aliphatic rings. The zero-order valence-corrected chi connectivity index (χ0v) is 7.80. The second-order valence-electron chi connectivity index (χ2n) is 3.14. The van der Waals surface area contributed by atoms with Crippen LogP contribution in [0.25, 0.3) is 0 Å². The van der Waals surface area contributed by atoms with Gasteiger partial charge in [-0.15, -0.1) is 11.3 Å². The average Bonchev–Trinajstić information content (AvgIpc) is 2.43. The van der Waals surface area contributed by atoms with E-state index >= 15 is 0 Å². The molecule has 1 atom stereocenters. The lowest BCUT2D eigenvalue weighted by molar-refractivity contribution is -0.139. The molecule has 0 fully saturated rings. The van der Waals surface area contributed by atoms with E-state index in [1.165, 1.54) is 11.3 Å². The van der Waals surface area contributed by atoms with Crippen LogP contribution in [-0.4, -0.2) is 16.1 Å². The van der Waals surface area contributed by atoms with Crippen LogP contribution in [0.1, 0.15) is 29.3 Å². The summed E-state index contributed by atoms with van der Waals surface area (Å²) in [4.78, 5) is 16.0. The van der Waals surface area contributed by atoms with Crippen LogP contribution in [0.5, 0.6) is 0 Å². The molecule has 13 heavy (non-hydrogen) atoms. The number of aliphatic carboxylic acids is 1. The zero-order valence-electron chi connectivity index (χ0n) is 6.99. The highest BCUT2D eigenvalue weighted by Gasteiger charge is 2.29. The van der Waals surface area contributed by atoms with Crippen LogP contribution in [-0.2, 0) is 11.2 Å². The van der Waals surface area contributed by atoms with E-state index in [1.54, 1.807) is 0 Å². The molecular formula is C8H10N2O2S. The van der Waals surface area contributed by atoms with Crippen molar-refractivity contribution < 1.29 is 9.90 Å². The second kappa shape index (κ2) is 2.99. The largest absolute Gasteiger partial charge is 0.481 e. The van der Waals surface area contributed by atoms with Gasteiger partial charge in [-0.3, -0.25) is 4.79 Å². The third-order valence-corrected chi connectivity index (χ3v) is 3.23. The van der Waals surface area contributed by atoms with Crippen molar-refractivity contribution in [3.8, 4) is 0 Å². The number of nitrogen functional groups attached to an aromatic ring is 1. The Labute approximate surface area is 79.4 Å². The number of anilines is 1. The third kappa shape index (κ3) is 1.39. The topological polar surface area (TPSA) is 76.2 Å². The molecule has 0 bridgehead atoms. The number of carboxylic acid groups (broad SMARTS) is 1. The fourth-order valence-electron chi connectivity index (χ4n) is 1.68. The van der Waals surface area contributed by atoms with Gasteiger partial charge in [0, 0.05) is 4.88 Å². The van der Waals surface area contributed by atoms with Crippen LogP contribution in [0.15, 0.2) is 0 Å². The van der Waals surface area contributed by atoms with Gasteiger partial charge in [-0.1, -0.05) is 0 Å². The van der Waals surface area contributed by atoms with Gasteiger partial charge in [0.25, 0.3) is 0 Å². The molecule has 4 nitrogen and oxygen atoms in total. The number of aromatic nitrogens is 1. The number of thiazole rings is 1. The van der Waals surface area contributed by atoms with Crippen LogP contribution >= 0.6 is 11.3 Å². The SMILES string of the molecule is Nc1nc2c(s1)CCC[C@H]2C(=O)O. The van der Waals surface area contributed by atoms with Gasteiger partial charge < -0.3 is 10.8 Å². The summed E-state index contributed by atoms with van der Waals surface area (Å²) < 4.78 is 0. The van der Waals surface area contributed by atoms with Gasteiger partial charge in [0.1, 0.15) is 5.92 Å². The molecule has 0 aromatic carbocycles. The molecule has 2 rings (SSSR count). The number of hydrogen-bond donors (Lipinski definition) is 2. The van der Waals surface area contributed by atoms with E-state index in [4.69, 9.17) is 10.8 Å². The number of carbonyl (C=O) groups is 1. The van der Waals surface area contributed by atoms with Crippen LogP contribution in [0.3, 0.4) is 0 Å². The molecule has 5 heteroatoms. The number of rotatable bonds is 1. The van der Waals surface area contributed by atoms with Gasteiger partial charge >= 0.3 is 5.97 Å². The van der Waals surface area contributed by atoms with E-state index in [9.17, 15) is 4.79 Å². The number of aryl methyl sites for hydroxylation is 1. The maximum Gasteiger partial charge on any atom is 0.312 e. The fourth-order valence-corrected chi connectivity index (χ4v) is 2.61. The van der Waals surface area contributed by atoms with Crippen molar-refractivity contribution in [3.63, 3.8) is 0 Å². The second-order valence-corrected chi connectivity index (χ2v) is 4.26. The van der Waals surface area contributed by atoms with Crippen molar-refractivity contribution in [2.75, 3.05) is 5.73 Å². The molecule has 0 unspecified atom stereocenters. The van der Waals surface area contributed by atoms with Crippen LogP contribution in [0, 0.1) is 0 Å². The molecule has 0 spiro atoms. The Bertz CT molecular complexity index is 348. The molecule has 3 N–H and O–H groups in total. The first-order valence-corrected chi connectivity index (χ1v) is 4.98. The minimum atomic E-state index is -0.786. The van der Waals surface area contributed by atoms with Gasteiger partial charge in [0.05, 0.1) is 5.69 Å². The Balaban J connectivity index is 2.41. The van der Waals surface area contributed by atoms with Crippen molar-refractivity contribution in [1.29, 1.82) is 0 Å². The van der Waals surface area contributed by atoms with Gasteiger partial charge in [-0.25, -0.2) is 4.98 Å². The van der Waals surface area contributed by atoms with Crippen LogP contribution < -0.4 is 5.73 Å². The monoisotopic (exact) mass is 198 g/mol. The van der Waals surface area contributed by atoms with Gasteiger partial charge in [-0.2, -0.15) is 0 Å². The summed E-state index contributed by atoms with van der Waals surface area (Å²) in [6.45, 7) is 0. The van der Waals surface area contributed by atoms with E-state index < -0.39 is 11.9 Å². The maximum atomic E-state index is 10.9. The quantitative estimate of drug-likeness (QED) is 0.711. The minimum Gasteiger partial charge on any atom is -0.481 e. The molecule has 0 radical (unpaired) electrons. The Morgan fingerprint density at radius 2 is 2.46 bits per heavy atom. The molecule has 1 aromatic heterocycles. The average molecular weight is 198 g/mol. The van der Waals surface area contributed by atoms with Crippen LogP contribution in [0.2, 0.25) is 0 Å². The normalized spacial score (nSPS) is 21.1. The first-order chi connectivity index (χ1) is 6.18. The summed E-state index contributed by atoms with van der Waals surface area (Å²) in [5, 5.41) is 9.40. The van der Waals surface area contributed by atoms with Crippen molar-refractivity contribution in [2.45, 2.75) is 25.2 Å². The molecule has 1 heterocycles. The van der Waals surface area contributed by atoms with E-state index in [0.717, 1.165) is 17.7 Å².